The van der Waals surface area contributed by atoms with E-state index in [0.29, 0.717) is 23.4 Å². The van der Waals surface area contributed by atoms with Crippen molar-refractivity contribution in [2.75, 3.05) is 13.7 Å². The summed E-state index contributed by atoms with van der Waals surface area (Å²) in [5.74, 6) is -0.392. The Morgan fingerprint density at radius 1 is 1.00 bits per heavy atom. The molecule has 0 aliphatic carbocycles. The highest BCUT2D eigenvalue weighted by atomic mass is 32.1. The summed E-state index contributed by atoms with van der Waals surface area (Å²) >= 11 is 1.40. The van der Waals surface area contributed by atoms with Crippen molar-refractivity contribution in [3.05, 3.63) is 69.4 Å². The maximum Gasteiger partial charge on any atom is 0.348 e. The molecule has 0 unspecified atom stereocenters. The van der Waals surface area contributed by atoms with Crippen LogP contribution in [0.5, 0.6) is 0 Å². The van der Waals surface area contributed by atoms with Gasteiger partial charge in [-0.25, -0.2) is 4.79 Å². The topological polar surface area (TPSA) is 55.4 Å². The summed E-state index contributed by atoms with van der Waals surface area (Å²) in [5, 5.41) is 5.10. The first-order valence-corrected chi connectivity index (χ1v) is 11.4. The summed E-state index contributed by atoms with van der Waals surface area (Å²) in [6.07, 6.45) is 6.77. The molecular formula is C25H29NO3S. The maximum atomic E-state index is 12.8. The van der Waals surface area contributed by atoms with Crippen LogP contribution in [0.4, 0.5) is 0 Å². The summed E-state index contributed by atoms with van der Waals surface area (Å²) < 4.78 is 4.73. The highest BCUT2D eigenvalue weighted by Crippen LogP contribution is 2.22. The molecule has 158 valence electrons. The van der Waals surface area contributed by atoms with Crippen LogP contribution in [0.1, 0.15) is 63.1 Å². The van der Waals surface area contributed by atoms with Gasteiger partial charge in [0.2, 0.25) is 0 Å². The van der Waals surface area contributed by atoms with Gasteiger partial charge in [0.15, 0.2) is 0 Å². The van der Waals surface area contributed by atoms with Gasteiger partial charge in [0.05, 0.1) is 7.11 Å². The van der Waals surface area contributed by atoms with Gasteiger partial charge in [-0.05, 0) is 53.8 Å². The number of nitrogens with one attached hydrogen (secondary N) is 1. The van der Waals surface area contributed by atoms with Crippen LogP contribution in [0.2, 0.25) is 0 Å². The molecular weight excluding hydrogens is 394 g/mol. The first-order chi connectivity index (χ1) is 14.6. The second-order valence-corrected chi connectivity index (χ2v) is 8.60. The number of rotatable bonds is 10. The van der Waals surface area contributed by atoms with E-state index in [4.69, 9.17) is 4.74 Å². The second-order valence-electron chi connectivity index (χ2n) is 7.44. The first-order valence-electron chi connectivity index (χ1n) is 10.6. The molecule has 0 atom stereocenters. The van der Waals surface area contributed by atoms with Crippen molar-refractivity contribution in [1.29, 1.82) is 0 Å². The summed E-state index contributed by atoms with van der Waals surface area (Å²) in [4.78, 5) is 25.9. The number of ether oxygens (including phenoxy) is 1. The van der Waals surface area contributed by atoms with Gasteiger partial charge in [-0.2, -0.15) is 0 Å². The van der Waals surface area contributed by atoms with E-state index in [9.17, 15) is 9.59 Å². The fraction of sp³-hybridized carbons (Fsp3) is 0.360. The Hall–Kier alpha value is -2.66. The van der Waals surface area contributed by atoms with Gasteiger partial charge in [0, 0.05) is 17.0 Å². The third-order valence-electron chi connectivity index (χ3n) is 5.21. The van der Waals surface area contributed by atoms with Gasteiger partial charge in [-0.1, -0.05) is 56.5 Å². The van der Waals surface area contributed by atoms with E-state index in [-0.39, 0.29) is 11.9 Å². The Balaban J connectivity index is 1.60. The van der Waals surface area contributed by atoms with Crippen LogP contribution in [0.15, 0.2) is 48.5 Å². The van der Waals surface area contributed by atoms with Crippen LogP contribution < -0.4 is 5.32 Å². The van der Waals surface area contributed by atoms with Crippen LogP contribution in [0, 0.1) is 0 Å². The van der Waals surface area contributed by atoms with Gasteiger partial charge >= 0.3 is 5.97 Å². The zero-order valence-electron chi connectivity index (χ0n) is 17.7. The van der Waals surface area contributed by atoms with E-state index in [1.54, 1.807) is 6.07 Å². The molecule has 0 aliphatic rings. The Labute approximate surface area is 182 Å². The number of hydrogen-bond donors (Lipinski definition) is 1. The fourth-order valence-electron chi connectivity index (χ4n) is 3.56. The maximum absolute atomic E-state index is 12.8. The first kappa shape index (κ1) is 22.0. The summed E-state index contributed by atoms with van der Waals surface area (Å²) in [6.45, 7) is 2.74. The van der Waals surface area contributed by atoms with Crippen molar-refractivity contribution in [1.82, 2.24) is 5.32 Å². The lowest BCUT2D eigenvalue weighted by Crippen LogP contribution is -2.25. The van der Waals surface area contributed by atoms with Crippen LogP contribution in [-0.4, -0.2) is 25.5 Å². The number of amides is 1. The Morgan fingerprint density at radius 3 is 2.67 bits per heavy atom. The number of aryl methyl sites for hydroxylation is 1. The van der Waals surface area contributed by atoms with Gasteiger partial charge in [-0.15, -0.1) is 11.3 Å². The molecule has 1 aromatic heterocycles. The molecule has 2 aromatic carbocycles. The van der Waals surface area contributed by atoms with Gasteiger partial charge < -0.3 is 10.1 Å². The third-order valence-corrected chi connectivity index (χ3v) is 6.34. The predicted molar refractivity (Wildman–Crippen MR) is 123 cm³/mol. The summed E-state index contributed by atoms with van der Waals surface area (Å²) in [6, 6.07) is 16.0. The zero-order chi connectivity index (χ0) is 21.3. The lowest BCUT2D eigenvalue weighted by Gasteiger charge is -2.09. The Morgan fingerprint density at radius 2 is 1.87 bits per heavy atom. The van der Waals surface area contributed by atoms with Crippen molar-refractivity contribution in [2.24, 2.45) is 0 Å². The van der Waals surface area contributed by atoms with E-state index in [0.717, 1.165) is 22.1 Å². The van der Waals surface area contributed by atoms with E-state index < -0.39 is 0 Å². The predicted octanol–water partition coefficient (Wildman–Crippen LogP) is 5.78. The number of methoxy groups -OCH3 is 1. The van der Waals surface area contributed by atoms with E-state index in [1.165, 1.54) is 49.7 Å². The van der Waals surface area contributed by atoms with E-state index >= 15 is 0 Å². The number of fused-ring (bicyclic) bond motifs is 1. The van der Waals surface area contributed by atoms with Gasteiger partial charge in [0.25, 0.3) is 5.91 Å². The molecule has 0 saturated carbocycles. The molecule has 0 saturated heterocycles. The summed E-state index contributed by atoms with van der Waals surface area (Å²) in [5.41, 5.74) is 2.03. The lowest BCUT2D eigenvalue weighted by atomic mass is 9.99. The Bertz CT molecular complexity index is 1010. The van der Waals surface area contributed by atoms with E-state index in [1.807, 2.05) is 18.2 Å². The monoisotopic (exact) mass is 423 g/mol. The highest BCUT2D eigenvalue weighted by molar-refractivity contribution is 7.13. The standard InChI is InChI=1S/C25H29NO3S/c1-3-4-5-6-8-18-11-13-21-19(17-18)9-7-10-22(21)24(27)26-16-15-20-12-14-23(30-20)25(28)29-2/h7,9-14,17H,3-6,8,15-16H2,1-2H3,(H,26,27). The fourth-order valence-corrected chi connectivity index (χ4v) is 4.49. The average molecular weight is 424 g/mol. The normalized spacial score (nSPS) is 10.9. The zero-order valence-corrected chi connectivity index (χ0v) is 18.5. The number of carbonyl (C=O) groups excluding carboxylic acids is 2. The molecule has 4 nitrogen and oxygen atoms in total. The second kappa shape index (κ2) is 10.9. The van der Waals surface area contributed by atoms with Crippen LogP contribution >= 0.6 is 11.3 Å². The molecule has 1 amide bonds. The minimum absolute atomic E-state index is 0.0685. The van der Waals surface area contributed by atoms with Gasteiger partial charge in [-0.3, -0.25) is 4.79 Å². The molecule has 0 radical (unpaired) electrons. The number of benzene rings is 2. The minimum Gasteiger partial charge on any atom is -0.465 e. The van der Waals surface area contributed by atoms with Gasteiger partial charge in [0.1, 0.15) is 4.88 Å². The van der Waals surface area contributed by atoms with Crippen LogP contribution in [-0.2, 0) is 17.6 Å². The van der Waals surface area contributed by atoms with Crippen molar-refractivity contribution < 1.29 is 14.3 Å². The molecule has 0 spiro atoms. The molecule has 0 bridgehead atoms. The Kier molecular flexibility index (Phi) is 8.03. The number of unbranched alkanes of at least 4 members (excludes halogenated alkanes) is 3. The van der Waals surface area contributed by atoms with Crippen molar-refractivity contribution in [3.63, 3.8) is 0 Å². The molecule has 3 rings (SSSR count). The molecule has 5 heteroatoms. The lowest BCUT2D eigenvalue weighted by molar-refractivity contribution is 0.0606. The summed E-state index contributed by atoms with van der Waals surface area (Å²) in [7, 11) is 1.38. The molecule has 1 heterocycles. The number of hydrogen-bond acceptors (Lipinski definition) is 4. The van der Waals surface area contributed by atoms with Crippen LogP contribution in [0.3, 0.4) is 0 Å². The molecule has 30 heavy (non-hydrogen) atoms. The van der Waals surface area contributed by atoms with Crippen LogP contribution in [0.25, 0.3) is 10.8 Å². The molecule has 0 fully saturated rings. The SMILES string of the molecule is CCCCCCc1ccc2c(C(=O)NCCc3ccc(C(=O)OC)s3)cccc2c1. The highest BCUT2D eigenvalue weighted by Gasteiger charge is 2.12. The van der Waals surface area contributed by atoms with E-state index in [2.05, 4.69) is 36.5 Å². The van der Waals surface area contributed by atoms with Crippen molar-refractivity contribution >= 4 is 34.0 Å². The molecule has 3 aromatic rings. The molecule has 0 aliphatic heterocycles. The average Bonchev–Trinajstić information content (AvgIpc) is 3.24. The quantitative estimate of drug-likeness (QED) is 0.332. The third kappa shape index (κ3) is 5.70. The molecule has 1 N–H and O–H groups in total. The number of esters is 1. The number of carbonyl (C=O) groups is 2. The van der Waals surface area contributed by atoms with Crippen molar-refractivity contribution in [3.8, 4) is 0 Å². The largest absolute Gasteiger partial charge is 0.465 e. The minimum atomic E-state index is -0.323. The van der Waals surface area contributed by atoms with Crippen molar-refractivity contribution in [2.45, 2.75) is 45.4 Å². The smallest absolute Gasteiger partial charge is 0.348 e. The number of thiophene rings is 1.